The molecule has 2 aliphatic carbocycles. The molecular formula is C31H40N6O5S. The summed E-state index contributed by atoms with van der Waals surface area (Å²) < 4.78 is 17.6. The highest BCUT2D eigenvalue weighted by atomic mass is 32.1. The number of carbonyl (C=O) groups excluding carboxylic acids is 2. The summed E-state index contributed by atoms with van der Waals surface area (Å²) in [6.07, 6.45) is 10.2. The third-order valence-corrected chi connectivity index (χ3v) is 9.95. The zero-order valence-electron chi connectivity index (χ0n) is 25.1. The van der Waals surface area contributed by atoms with E-state index >= 15 is 0 Å². The highest BCUT2D eigenvalue weighted by Crippen LogP contribution is 2.41. The normalized spacial score (nSPS) is 23.0. The molecule has 1 saturated heterocycles. The number of carbonyl (C=O) groups is 2. The van der Waals surface area contributed by atoms with Crippen LogP contribution >= 0.6 is 11.3 Å². The fourth-order valence-electron chi connectivity index (χ4n) is 6.50. The number of thiazole rings is 1. The standard InChI is InChI=1S/C31H40N6O5S/c1-19-16-36(27(38)18-40-2)10-11-37(19)22-12-20(13-22)30(39)35-31-34-25-9-8-24(28(41-3)29(25)43-31)21-14-32-26(33-15-21)17-42-23-6-4-5-7-23/h8-9,14-15,19-20,22-23H,4-7,10-13,16-18H2,1-3H3,(H,34,35,39). The van der Waals surface area contributed by atoms with Crippen molar-refractivity contribution >= 4 is 38.5 Å². The molecule has 3 heterocycles. The van der Waals surface area contributed by atoms with Gasteiger partial charge in [0.15, 0.2) is 11.0 Å². The lowest BCUT2D eigenvalue weighted by Crippen LogP contribution is -2.60. The minimum Gasteiger partial charge on any atom is -0.495 e. The van der Waals surface area contributed by atoms with Crippen molar-refractivity contribution < 1.29 is 23.8 Å². The van der Waals surface area contributed by atoms with Crippen molar-refractivity contribution in [3.63, 3.8) is 0 Å². The number of anilines is 1. The van der Waals surface area contributed by atoms with Crippen LogP contribution in [0.5, 0.6) is 5.75 Å². The summed E-state index contributed by atoms with van der Waals surface area (Å²) in [6, 6.07) is 4.50. The number of benzene rings is 1. The molecule has 1 aliphatic heterocycles. The van der Waals surface area contributed by atoms with E-state index in [0.717, 1.165) is 53.6 Å². The molecule has 1 atom stereocenters. The Bertz CT molecular complexity index is 1440. The Hall–Kier alpha value is -3.19. The van der Waals surface area contributed by atoms with Gasteiger partial charge in [0.05, 0.1) is 23.4 Å². The summed E-state index contributed by atoms with van der Waals surface area (Å²) in [6.45, 7) is 4.89. The van der Waals surface area contributed by atoms with E-state index in [-0.39, 0.29) is 30.4 Å². The molecule has 0 radical (unpaired) electrons. The molecule has 1 N–H and O–H groups in total. The molecule has 0 spiro atoms. The Labute approximate surface area is 255 Å². The number of piperazine rings is 1. The smallest absolute Gasteiger partial charge is 0.248 e. The number of rotatable bonds is 10. The number of hydrogen-bond acceptors (Lipinski definition) is 10. The van der Waals surface area contributed by atoms with Crippen molar-refractivity contribution in [2.75, 3.05) is 45.8 Å². The van der Waals surface area contributed by atoms with E-state index in [4.69, 9.17) is 14.2 Å². The van der Waals surface area contributed by atoms with E-state index in [1.54, 1.807) is 26.6 Å². The van der Waals surface area contributed by atoms with Crippen LogP contribution < -0.4 is 10.1 Å². The van der Waals surface area contributed by atoms with Crippen molar-refractivity contribution in [2.24, 2.45) is 5.92 Å². The first-order chi connectivity index (χ1) is 20.9. The average Bonchev–Trinajstić information content (AvgIpc) is 3.66. The fraction of sp³-hybridized carbons (Fsp3) is 0.581. The second-order valence-electron chi connectivity index (χ2n) is 11.8. The van der Waals surface area contributed by atoms with Gasteiger partial charge in [0.2, 0.25) is 11.8 Å². The van der Waals surface area contributed by atoms with Gasteiger partial charge in [-0.15, -0.1) is 0 Å². The second kappa shape index (κ2) is 13.2. The van der Waals surface area contributed by atoms with Crippen LogP contribution in [0.3, 0.4) is 0 Å². The van der Waals surface area contributed by atoms with Gasteiger partial charge in [-0.25, -0.2) is 15.0 Å². The van der Waals surface area contributed by atoms with Gasteiger partial charge in [-0.3, -0.25) is 14.5 Å². The van der Waals surface area contributed by atoms with Crippen LogP contribution in [-0.2, 0) is 25.7 Å². The zero-order valence-corrected chi connectivity index (χ0v) is 25.9. The number of ether oxygens (including phenoxy) is 3. The van der Waals surface area contributed by atoms with Crippen LogP contribution in [0.4, 0.5) is 5.13 Å². The molecule has 230 valence electrons. The highest BCUT2D eigenvalue weighted by molar-refractivity contribution is 7.22. The molecule has 2 saturated carbocycles. The molecule has 6 rings (SSSR count). The van der Waals surface area contributed by atoms with Gasteiger partial charge in [-0.05, 0) is 44.7 Å². The molecule has 11 nitrogen and oxygen atoms in total. The quantitative estimate of drug-likeness (QED) is 0.363. The molecule has 2 amide bonds. The van der Waals surface area contributed by atoms with Gasteiger partial charge in [0.1, 0.15) is 19.0 Å². The molecule has 3 aliphatic rings. The fourth-order valence-corrected chi connectivity index (χ4v) is 7.50. The predicted octanol–water partition coefficient (Wildman–Crippen LogP) is 4.12. The Kier molecular flexibility index (Phi) is 9.17. The van der Waals surface area contributed by atoms with E-state index in [2.05, 4.69) is 32.1 Å². The Balaban J connectivity index is 1.06. The minimum atomic E-state index is -0.0527. The summed E-state index contributed by atoms with van der Waals surface area (Å²) >= 11 is 1.41. The monoisotopic (exact) mass is 608 g/mol. The largest absolute Gasteiger partial charge is 0.495 e. The number of fused-ring (bicyclic) bond motifs is 1. The lowest BCUT2D eigenvalue weighted by atomic mass is 9.78. The Morgan fingerprint density at radius 1 is 1.09 bits per heavy atom. The van der Waals surface area contributed by atoms with Gasteiger partial charge in [-0.2, -0.15) is 0 Å². The number of nitrogens with one attached hydrogen (secondary N) is 1. The van der Waals surface area contributed by atoms with E-state index in [1.807, 2.05) is 17.0 Å². The van der Waals surface area contributed by atoms with Crippen LogP contribution in [0.25, 0.3) is 21.3 Å². The molecular weight excluding hydrogens is 568 g/mol. The van der Waals surface area contributed by atoms with Crippen LogP contribution in [-0.4, -0.2) is 95.2 Å². The van der Waals surface area contributed by atoms with Crippen molar-refractivity contribution in [2.45, 2.75) is 70.2 Å². The summed E-state index contributed by atoms with van der Waals surface area (Å²) in [5, 5.41) is 3.61. The number of amides is 2. The number of methoxy groups -OCH3 is 2. The van der Waals surface area contributed by atoms with E-state index < -0.39 is 0 Å². The zero-order chi connectivity index (χ0) is 29.9. The molecule has 43 heavy (non-hydrogen) atoms. The number of aromatic nitrogens is 3. The van der Waals surface area contributed by atoms with Crippen molar-refractivity contribution in [1.29, 1.82) is 0 Å². The Morgan fingerprint density at radius 3 is 2.56 bits per heavy atom. The topological polar surface area (TPSA) is 119 Å². The molecule has 1 unspecified atom stereocenters. The van der Waals surface area contributed by atoms with Crippen molar-refractivity contribution in [1.82, 2.24) is 24.8 Å². The van der Waals surface area contributed by atoms with E-state index in [9.17, 15) is 9.59 Å². The minimum absolute atomic E-state index is 0.000121. The predicted molar refractivity (Wildman–Crippen MR) is 164 cm³/mol. The highest BCUT2D eigenvalue weighted by Gasteiger charge is 2.41. The summed E-state index contributed by atoms with van der Waals surface area (Å²) in [4.78, 5) is 43.3. The molecule has 0 bridgehead atoms. The molecule has 1 aromatic carbocycles. The average molecular weight is 609 g/mol. The maximum absolute atomic E-state index is 13.1. The first kappa shape index (κ1) is 29.9. The maximum atomic E-state index is 13.1. The molecule has 3 aromatic rings. The second-order valence-corrected chi connectivity index (χ2v) is 12.8. The van der Waals surface area contributed by atoms with Gasteiger partial charge in [0.25, 0.3) is 0 Å². The third kappa shape index (κ3) is 6.52. The van der Waals surface area contributed by atoms with E-state index in [0.29, 0.717) is 48.5 Å². The number of nitrogens with zero attached hydrogens (tertiary/aromatic N) is 5. The SMILES string of the molecule is COCC(=O)N1CCN(C2CC(C(=O)Nc3nc4ccc(-c5cnc(COC6CCCC6)nc5)c(OC)c4s3)C2)C(C)C1. The van der Waals surface area contributed by atoms with Crippen molar-refractivity contribution in [3.05, 3.63) is 30.4 Å². The van der Waals surface area contributed by atoms with Crippen LogP contribution in [0, 0.1) is 5.92 Å². The van der Waals surface area contributed by atoms with Crippen molar-refractivity contribution in [3.8, 4) is 16.9 Å². The van der Waals surface area contributed by atoms with Crippen LogP contribution in [0.1, 0.15) is 51.3 Å². The van der Waals surface area contributed by atoms with E-state index in [1.165, 1.54) is 24.2 Å². The molecule has 12 heteroatoms. The Morgan fingerprint density at radius 2 is 1.86 bits per heavy atom. The van der Waals surface area contributed by atoms with Gasteiger partial charge < -0.3 is 24.4 Å². The maximum Gasteiger partial charge on any atom is 0.248 e. The lowest BCUT2D eigenvalue weighted by Gasteiger charge is -2.49. The van der Waals surface area contributed by atoms with Crippen LogP contribution in [0.2, 0.25) is 0 Å². The third-order valence-electron chi connectivity index (χ3n) is 8.97. The first-order valence-corrected chi connectivity index (χ1v) is 16.0. The molecule has 3 fully saturated rings. The number of hydrogen-bond donors (Lipinski definition) is 1. The first-order valence-electron chi connectivity index (χ1n) is 15.2. The van der Waals surface area contributed by atoms with Gasteiger partial charge in [-0.1, -0.05) is 24.2 Å². The summed E-state index contributed by atoms with van der Waals surface area (Å²) in [5.41, 5.74) is 2.49. The van der Waals surface area contributed by atoms with Gasteiger partial charge >= 0.3 is 0 Å². The summed E-state index contributed by atoms with van der Waals surface area (Å²) in [7, 11) is 3.19. The van der Waals surface area contributed by atoms with Gasteiger partial charge in [0, 0.05) is 68.3 Å². The molecule has 2 aromatic heterocycles. The summed E-state index contributed by atoms with van der Waals surface area (Å²) in [5.74, 6) is 1.34. The lowest BCUT2D eigenvalue weighted by molar-refractivity contribution is -0.139. The van der Waals surface area contributed by atoms with Crippen LogP contribution in [0.15, 0.2) is 24.5 Å².